The number of nitrogens with zero attached hydrogens (tertiary/aromatic N) is 3. The average Bonchev–Trinajstić information content (AvgIpc) is 2.69. The minimum atomic E-state index is -0.196. The molecule has 1 saturated heterocycles. The Morgan fingerprint density at radius 1 is 1.37 bits per heavy atom. The van der Waals surface area contributed by atoms with Crippen LogP contribution >= 0.6 is 11.6 Å². The molecular formula is C18H21ClN4O4. The number of aromatic nitrogens is 2. The normalized spacial score (nSPS) is 16.7. The third kappa shape index (κ3) is 4.23. The van der Waals surface area contributed by atoms with E-state index in [1.54, 1.807) is 12.0 Å². The van der Waals surface area contributed by atoms with Gasteiger partial charge in [-0.25, -0.2) is 4.98 Å². The molecule has 1 atom stereocenters. The number of morpholine rings is 1. The Balaban J connectivity index is 1.89. The molecule has 1 amide bonds. The Kier molecular flexibility index (Phi) is 5.98. The van der Waals surface area contributed by atoms with E-state index in [-0.39, 0.29) is 12.0 Å². The lowest BCUT2D eigenvalue weighted by molar-refractivity contribution is -0.125. The standard InChI is InChI=1S/C18H21ClN4O4/c1-11-6-14(21-18-20-8-13(19)17(22-18)26-3)15(25-2)7-12(11)16-9-23(10-24)4-5-27-16/h6-8,10,16H,4-5,9H2,1-3H3,(H,20,21,22). The van der Waals surface area contributed by atoms with E-state index in [1.807, 2.05) is 19.1 Å². The molecule has 2 heterocycles. The lowest BCUT2D eigenvalue weighted by Gasteiger charge is -2.31. The summed E-state index contributed by atoms with van der Waals surface area (Å²) in [6.45, 7) is 3.60. The highest BCUT2D eigenvalue weighted by Gasteiger charge is 2.24. The largest absolute Gasteiger partial charge is 0.495 e. The van der Waals surface area contributed by atoms with Gasteiger partial charge < -0.3 is 24.4 Å². The first-order chi connectivity index (χ1) is 13.0. The lowest BCUT2D eigenvalue weighted by Crippen LogP contribution is -2.37. The molecule has 1 aromatic heterocycles. The minimum absolute atomic E-state index is 0.196. The van der Waals surface area contributed by atoms with E-state index in [0.29, 0.717) is 42.1 Å². The van der Waals surface area contributed by atoms with Crippen LogP contribution in [0, 0.1) is 6.92 Å². The molecule has 9 heteroatoms. The van der Waals surface area contributed by atoms with Crippen molar-refractivity contribution < 1.29 is 19.0 Å². The number of anilines is 2. The zero-order valence-corrected chi connectivity index (χ0v) is 16.1. The van der Waals surface area contributed by atoms with E-state index < -0.39 is 0 Å². The van der Waals surface area contributed by atoms with Crippen LogP contribution in [-0.4, -0.2) is 55.2 Å². The molecule has 0 aliphatic carbocycles. The van der Waals surface area contributed by atoms with Crippen molar-refractivity contribution in [3.8, 4) is 11.6 Å². The Hall–Kier alpha value is -2.58. The Bertz CT molecular complexity index is 833. The van der Waals surface area contributed by atoms with Crippen molar-refractivity contribution in [3.63, 3.8) is 0 Å². The third-order valence-corrected chi connectivity index (χ3v) is 4.59. The highest BCUT2D eigenvalue weighted by Crippen LogP contribution is 2.35. The Labute approximate surface area is 162 Å². The van der Waals surface area contributed by atoms with Crippen LogP contribution in [0.1, 0.15) is 17.2 Å². The van der Waals surface area contributed by atoms with Crippen molar-refractivity contribution in [1.82, 2.24) is 14.9 Å². The number of rotatable bonds is 6. The molecule has 1 unspecified atom stereocenters. The van der Waals surface area contributed by atoms with Gasteiger partial charge in [0.05, 0.1) is 39.3 Å². The summed E-state index contributed by atoms with van der Waals surface area (Å²) in [4.78, 5) is 21.2. The van der Waals surface area contributed by atoms with E-state index in [1.165, 1.54) is 13.3 Å². The maximum absolute atomic E-state index is 11.1. The smallest absolute Gasteiger partial charge is 0.237 e. The topological polar surface area (TPSA) is 85.8 Å². The summed E-state index contributed by atoms with van der Waals surface area (Å²) in [5.74, 6) is 1.23. The first kappa shape index (κ1) is 19.2. The fourth-order valence-electron chi connectivity index (χ4n) is 2.95. The number of halogens is 1. The molecule has 1 aliphatic rings. The van der Waals surface area contributed by atoms with Crippen LogP contribution in [0.4, 0.5) is 11.6 Å². The summed E-state index contributed by atoms with van der Waals surface area (Å²) in [5.41, 5.74) is 2.67. The van der Waals surface area contributed by atoms with Crippen molar-refractivity contribution in [2.45, 2.75) is 13.0 Å². The highest BCUT2D eigenvalue weighted by molar-refractivity contribution is 6.31. The van der Waals surface area contributed by atoms with Gasteiger partial charge in [-0.15, -0.1) is 0 Å². The number of benzene rings is 1. The van der Waals surface area contributed by atoms with E-state index in [0.717, 1.165) is 17.5 Å². The molecule has 1 aliphatic heterocycles. The fraction of sp³-hybridized carbons (Fsp3) is 0.389. The Morgan fingerprint density at radius 3 is 2.89 bits per heavy atom. The number of methoxy groups -OCH3 is 2. The van der Waals surface area contributed by atoms with Gasteiger partial charge in [0, 0.05) is 6.54 Å². The number of nitrogens with one attached hydrogen (secondary N) is 1. The Morgan fingerprint density at radius 2 is 2.19 bits per heavy atom. The number of aryl methyl sites for hydroxylation is 1. The van der Waals surface area contributed by atoms with Crippen LogP contribution in [0.15, 0.2) is 18.3 Å². The minimum Gasteiger partial charge on any atom is -0.495 e. The molecule has 1 fully saturated rings. The monoisotopic (exact) mass is 392 g/mol. The first-order valence-electron chi connectivity index (χ1n) is 8.38. The zero-order chi connectivity index (χ0) is 19.4. The number of carbonyl (C=O) groups is 1. The molecule has 1 aromatic carbocycles. The second kappa shape index (κ2) is 8.41. The molecule has 0 radical (unpaired) electrons. The zero-order valence-electron chi connectivity index (χ0n) is 15.4. The molecule has 144 valence electrons. The number of amides is 1. The van der Waals surface area contributed by atoms with Crippen molar-refractivity contribution in [3.05, 3.63) is 34.5 Å². The number of hydrogen-bond acceptors (Lipinski definition) is 7. The van der Waals surface area contributed by atoms with Crippen LogP contribution in [0.2, 0.25) is 5.02 Å². The predicted octanol–water partition coefficient (Wildman–Crippen LogP) is 2.73. The molecule has 0 bridgehead atoms. The second-order valence-electron chi connectivity index (χ2n) is 6.04. The van der Waals surface area contributed by atoms with Crippen LogP contribution < -0.4 is 14.8 Å². The lowest BCUT2D eigenvalue weighted by atomic mass is 10.0. The first-order valence-corrected chi connectivity index (χ1v) is 8.76. The molecule has 2 aromatic rings. The van der Waals surface area contributed by atoms with E-state index in [2.05, 4.69) is 15.3 Å². The highest BCUT2D eigenvalue weighted by atomic mass is 35.5. The van der Waals surface area contributed by atoms with Gasteiger partial charge in [-0.1, -0.05) is 11.6 Å². The molecule has 0 saturated carbocycles. The van der Waals surface area contributed by atoms with E-state index >= 15 is 0 Å². The molecule has 0 spiro atoms. The summed E-state index contributed by atoms with van der Waals surface area (Å²) in [5, 5.41) is 3.45. The van der Waals surface area contributed by atoms with Crippen molar-refractivity contribution >= 4 is 29.6 Å². The summed E-state index contributed by atoms with van der Waals surface area (Å²) in [6.07, 6.45) is 2.12. The molecule has 27 heavy (non-hydrogen) atoms. The SMILES string of the molecule is COc1cc(C2CN(C=O)CCO2)c(C)cc1Nc1ncc(Cl)c(OC)n1. The van der Waals surface area contributed by atoms with Gasteiger partial charge in [0.1, 0.15) is 16.9 Å². The summed E-state index contributed by atoms with van der Waals surface area (Å²) in [7, 11) is 3.08. The van der Waals surface area contributed by atoms with Crippen LogP contribution in [0.5, 0.6) is 11.6 Å². The summed E-state index contributed by atoms with van der Waals surface area (Å²) in [6, 6.07) is 3.84. The van der Waals surface area contributed by atoms with Gasteiger partial charge in [0.2, 0.25) is 18.2 Å². The molecule has 1 N–H and O–H groups in total. The average molecular weight is 393 g/mol. The molecule has 8 nitrogen and oxygen atoms in total. The van der Waals surface area contributed by atoms with Gasteiger partial charge in [-0.05, 0) is 30.2 Å². The fourth-order valence-corrected chi connectivity index (χ4v) is 3.11. The maximum Gasteiger partial charge on any atom is 0.237 e. The number of hydrogen-bond donors (Lipinski definition) is 1. The number of ether oxygens (including phenoxy) is 3. The molecule has 3 rings (SSSR count). The quantitative estimate of drug-likeness (QED) is 0.756. The van der Waals surface area contributed by atoms with Gasteiger partial charge in [0.25, 0.3) is 0 Å². The van der Waals surface area contributed by atoms with Crippen molar-refractivity contribution in [2.24, 2.45) is 0 Å². The van der Waals surface area contributed by atoms with Gasteiger partial charge in [-0.2, -0.15) is 4.98 Å². The molecular weight excluding hydrogens is 372 g/mol. The number of carbonyl (C=O) groups excluding carboxylic acids is 1. The van der Waals surface area contributed by atoms with Crippen LogP contribution in [0.25, 0.3) is 0 Å². The maximum atomic E-state index is 11.1. The third-order valence-electron chi connectivity index (χ3n) is 4.33. The van der Waals surface area contributed by atoms with Gasteiger partial charge >= 0.3 is 0 Å². The van der Waals surface area contributed by atoms with Crippen molar-refractivity contribution in [2.75, 3.05) is 39.2 Å². The summed E-state index contributed by atoms with van der Waals surface area (Å²) >= 11 is 5.97. The second-order valence-corrected chi connectivity index (χ2v) is 6.45. The van der Waals surface area contributed by atoms with E-state index in [9.17, 15) is 4.79 Å². The van der Waals surface area contributed by atoms with Crippen molar-refractivity contribution in [1.29, 1.82) is 0 Å². The predicted molar refractivity (Wildman–Crippen MR) is 101 cm³/mol. The van der Waals surface area contributed by atoms with E-state index in [4.69, 9.17) is 25.8 Å². The van der Waals surface area contributed by atoms with Crippen LogP contribution in [-0.2, 0) is 9.53 Å². The van der Waals surface area contributed by atoms with Gasteiger partial charge in [-0.3, -0.25) is 4.79 Å². The van der Waals surface area contributed by atoms with Crippen LogP contribution in [0.3, 0.4) is 0 Å². The summed E-state index contributed by atoms with van der Waals surface area (Å²) < 4.78 is 16.5. The van der Waals surface area contributed by atoms with Gasteiger partial charge in [0.15, 0.2) is 0 Å².